The predicted molar refractivity (Wildman–Crippen MR) is 85.5 cm³/mol. The smallest absolute Gasteiger partial charge is 0.341 e. The maximum Gasteiger partial charge on any atom is 0.416 e. The van der Waals surface area contributed by atoms with Crippen LogP contribution >= 0.6 is 0 Å². The zero-order valence-electron chi connectivity index (χ0n) is 14.1. The number of carbonyl (C=O) groups is 2. The van der Waals surface area contributed by atoms with Crippen molar-refractivity contribution in [3.63, 3.8) is 0 Å². The second-order valence-corrected chi connectivity index (χ2v) is 6.51. The van der Waals surface area contributed by atoms with E-state index in [9.17, 15) is 22.8 Å². The Morgan fingerprint density at radius 2 is 1.79 bits per heavy atom. The molecule has 24 heavy (non-hydrogen) atoms. The third-order valence-electron chi connectivity index (χ3n) is 3.39. The van der Waals surface area contributed by atoms with Crippen molar-refractivity contribution in [2.45, 2.75) is 26.9 Å². The van der Waals surface area contributed by atoms with E-state index in [0.29, 0.717) is 6.54 Å². The van der Waals surface area contributed by atoms with Gasteiger partial charge in [0.2, 0.25) is 5.91 Å². The van der Waals surface area contributed by atoms with Crippen LogP contribution < -0.4 is 11.1 Å². The number of hydrogen-bond acceptors (Lipinski definition) is 3. The summed E-state index contributed by atoms with van der Waals surface area (Å²) < 4.78 is 39.1. The number of rotatable bonds is 5. The highest BCUT2D eigenvalue weighted by atomic mass is 19.4. The van der Waals surface area contributed by atoms with Crippen LogP contribution in [0.3, 0.4) is 0 Å². The number of benzene rings is 1. The average molecular weight is 345 g/mol. The fraction of sp³-hybridized carbons (Fsp3) is 0.500. The van der Waals surface area contributed by atoms with E-state index in [-0.39, 0.29) is 23.2 Å². The minimum atomic E-state index is -4.63. The van der Waals surface area contributed by atoms with Crippen molar-refractivity contribution in [1.29, 1.82) is 0 Å². The second-order valence-electron chi connectivity index (χ2n) is 6.51. The van der Waals surface area contributed by atoms with Gasteiger partial charge >= 0.3 is 6.18 Å². The molecule has 0 atom stereocenters. The number of halogens is 3. The molecular weight excluding hydrogens is 323 g/mol. The van der Waals surface area contributed by atoms with Gasteiger partial charge < -0.3 is 16.0 Å². The fourth-order valence-electron chi connectivity index (χ4n) is 2.19. The highest BCUT2D eigenvalue weighted by Gasteiger charge is 2.32. The Labute approximate surface area is 139 Å². The Morgan fingerprint density at radius 3 is 2.25 bits per heavy atom. The van der Waals surface area contributed by atoms with Crippen LogP contribution in [0.25, 0.3) is 0 Å². The Balaban J connectivity index is 3.21. The molecule has 0 aliphatic rings. The first-order chi connectivity index (χ1) is 10.9. The van der Waals surface area contributed by atoms with Crippen molar-refractivity contribution >= 4 is 17.5 Å². The van der Waals surface area contributed by atoms with Crippen LogP contribution in [0.2, 0.25) is 0 Å². The summed E-state index contributed by atoms with van der Waals surface area (Å²) in [6.45, 7) is 5.49. The molecule has 1 rings (SSSR count). The molecule has 0 aliphatic carbocycles. The Morgan fingerprint density at radius 1 is 1.21 bits per heavy atom. The minimum absolute atomic E-state index is 0.0767. The van der Waals surface area contributed by atoms with Gasteiger partial charge in [0.25, 0.3) is 5.91 Å². The molecule has 0 aliphatic heterocycles. The Kier molecular flexibility index (Phi) is 5.99. The third kappa shape index (κ3) is 5.52. The lowest BCUT2D eigenvalue weighted by Gasteiger charge is -2.29. The van der Waals surface area contributed by atoms with Crippen LogP contribution in [-0.4, -0.2) is 36.9 Å². The molecule has 0 unspecified atom stereocenters. The standard InChI is InChI=1S/C16H22F3N3O2/c1-10(23)21-13-6-11(5-12(7-13)16(17,18)19)14(24)22(4)9-15(2,3)8-20/h5-7H,8-9,20H2,1-4H3,(H,21,23). The van der Waals surface area contributed by atoms with Crippen molar-refractivity contribution in [1.82, 2.24) is 4.90 Å². The molecule has 134 valence electrons. The minimum Gasteiger partial charge on any atom is -0.341 e. The summed E-state index contributed by atoms with van der Waals surface area (Å²) in [5.41, 5.74) is 4.03. The lowest BCUT2D eigenvalue weighted by atomic mass is 9.93. The molecule has 1 aromatic carbocycles. The van der Waals surface area contributed by atoms with Crippen molar-refractivity contribution in [3.05, 3.63) is 29.3 Å². The van der Waals surface area contributed by atoms with Gasteiger partial charge in [0.1, 0.15) is 0 Å². The molecule has 0 spiro atoms. The number of nitrogens with zero attached hydrogens (tertiary/aromatic N) is 1. The zero-order chi connectivity index (χ0) is 18.7. The largest absolute Gasteiger partial charge is 0.416 e. The maximum atomic E-state index is 13.0. The van der Waals surface area contributed by atoms with E-state index in [4.69, 9.17) is 5.73 Å². The van der Waals surface area contributed by atoms with E-state index >= 15 is 0 Å². The summed E-state index contributed by atoms with van der Waals surface area (Å²) in [6, 6.07) is 2.80. The van der Waals surface area contributed by atoms with Crippen LogP contribution in [0, 0.1) is 5.41 Å². The van der Waals surface area contributed by atoms with Crippen LogP contribution in [0.5, 0.6) is 0 Å². The first-order valence-corrected chi connectivity index (χ1v) is 7.31. The van der Waals surface area contributed by atoms with Crippen molar-refractivity contribution in [2.24, 2.45) is 11.1 Å². The summed E-state index contributed by atoms with van der Waals surface area (Å²) >= 11 is 0. The quantitative estimate of drug-likeness (QED) is 0.862. The molecule has 0 saturated heterocycles. The molecule has 0 fully saturated rings. The molecule has 3 N–H and O–H groups in total. The van der Waals surface area contributed by atoms with Crippen LogP contribution in [0.1, 0.15) is 36.7 Å². The van der Waals surface area contributed by atoms with Crippen LogP contribution in [-0.2, 0) is 11.0 Å². The SMILES string of the molecule is CC(=O)Nc1cc(C(=O)N(C)CC(C)(C)CN)cc(C(F)(F)F)c1. The number of anilines is 1. The Hall–Kier alpha value is -2.09. The first-order valence-electron chi connectivity index (χ1n) is 7.31. The van der Waals surface area contributed by atoms with Gasteiger partial charge in [-0.2, -0.15) is 13.2 Å². The monoisotopic (exact) mass is 345 g/mol. The molecule has 0 heterocycles. The summed E-state index contributed by atoms with van der Waals surface area (Å²) in [7, 11) is 1.50. The summed E-state index contributed by atoms with van der Waals surface area (Å²) in [5, 5.41) is 2.28. The van der Waals surface area contributed by atoms with Gasteiger partial charge in [-0.15, -0.1) is 0 Å². The third-order valence-corrected chi connectivity index (χ3v) is 3.39. The molecule has 0 aromatic heterocycles. The molecule has 2 amide bonds. The lowest BCUT2D eigenvalue weighted by molar-refractivity contribution is -0.137. The number of alkyl halides is 3. The maximum absolute atomic E-state index is 13.0. The number of hydrogen-bond donors (Lipinski definition) is 2. The number of amides is 2. The lowest BCUT2D eigenvalue weighted by Crippen LogP contribution is -2.39. The summed E-state index contributed by atoms with van der Waals surface area (Å²) in [5.74, 6) is -1.10. The van der Waals surface area contributed by atoms with Gasteiger partial charge in [-0.1, -0.05) is 13.8 Å². The summed E-state index contributed by atoms with van der Waals surface area (Å²) in [6.07, 6.45) is -4.63. The molecular formula is C16H22F3N3O2. The normalized spacial score (nSPS) is 12.0. The van der Waals surface area contributed by atoms with E-state index in [0.717, 1.165) is 12.1 Å². The van der Waals surface area contributed by atoms with E-state index in [1.807, 2.05) is 13.8 Å². The number of carbonyl (C=O) groups excluding carboxylic acids is 2. The van der Waals surface area contributed by atoms with Crippen LogP contribution in [0.15, 0.2) is 18.2 Å². The highest BCUT2D eigenvalue weighted by Crippen LogP contribution is 2.32. The molecule has 1 aromatic rings. The molecule has 0 bridgehead atoms. The molecule has 0 saturated carbocycles. The highest BCUT2D eigenvalue weighted by molar-refractivity contribution is 5.97. The van der Waals surface area contributed by atoms with Gasteiger partial charge in [-0.05, 0) is 30.2 Å². The van der Waals surface area contributed by atoms with Gasteiger partial charge in [-0.25, -0.2) is 0 Å². The van der Waals surface area contributed by atoms with Crippen molar-refractivity contribution in [2.75, 3.05) is 25.5 Å². The van der Waals surface area contributed by atoms with E-state index < -0.39 is 23.6 Å². The molecule has 5 nitrogen and oxygen atoms in total. The van der Waals surface area contributed by atoms with Gasteiger partial charge in [-0.3, -0.25) is 9.59 Å². The zero-order valence-corrected chi connectivity index (χ0v) is 14.1. The van der Waals surface area contributed by atoms with Gasteiger partial charge in [0, 0.05) is 31.8 Å². The van der Waals surface area contributed by atoms with Crippen molar-refractivity contribution in [3.8, 4) is 0 Å². The van der Waals surface area contributed by atoms with E-state index in [1.54, 1.807) is 0 Å². The molecule has 0 radical (unpaired) electrons. The predicted octanol–water partition coefficient (Wildman–Crippen LogP) is 2.72. The number of nitrogens with one attached hydrogen (secondary N) is 1. The van der Waals surface area contributed by atoms with Gasteiger partial charge in [0.15, 0.2) is 0 Å². The first kappa shape index (κ1) is 20.0. The molecule has 8 heteroatoms. The summed E-state index contributed by atoms with van der Waals surface area (Å²) in [4.78, 5) is 24.9. The average Bonchev–Trinajstić information content (AvgIpc) is 2.44. The van der Waals surface area contributed by atoms with E-state index in [2.05, 4.69) is 5.32 Å². The Bertz CT molecular complexity index is 627. The topological polar surface area (TPSA) is 75.4 Å². The van der Waals surface area contributed by atoms with E-state index in [1.165, 1.54) is 24.9 Å². The fourth-order valence-corrected chi connectivity index (χ4v) is 2.19. The number of nitrogens with two attached hydrogens (primary N) is 1. The second kappa shape index (κ2) is 7.21. The van der Waals surface area contributed by atoms with Crippen LogP contribution in [0.4, 0.5) is 18.9 Å². The van der Waals surface area contributed by atoms with Gasteiger partial charge in [0.05, 0.1) is 5.56 Å². The van der Waals surface area contributed by atoms with Crippen molar-refractivity contribution < 1.29 is 22.8 Å².